The third kappa shape index (κ3) is 2.20. The molecule has 0 fully saturated rings. The normalized spacial score (nSPS) is 10.0. The van der Waals surface area contributed by atoms with Crippen LogP contribution in [0, 0.1) is 27.3 Å². The molecule has 0 bridgehead atoms. The standard InChI is InChI=1S/C12H8FN3O2/c13-10-3-4-12(16(17)18)9(6-10)8-15-5-1-2-11(15)7-14/h1-6H,8H2. The van der Waals surface area contributed by atoms with Gasteiger partial charge in [0.25, 0.3) is 5.69 Å². The van der Waals surface area contributed by atoms with Crippen LogP contribution in [-0.2, 0) is 6.54 Å². The smallest absolute Gasteiger partial charge is 0.274 e. The summed E-state index contributed by atoms with van der Waals surface area (Å²) < 4.78 is 14.7. The molecule has 0 saturated heterocycles. The van der Waals surface area contributed by atoms with Crippen molar-refractivity contribution in [1.29, 1.82) is 5.26 Å². The fourth-order valence-corrected chi connectivity index (χ4v) is 1.70. The van der Waals surface area contributed by atoms with Crippen LogP contribution in [0.2, 0.25) is 0 Å². The number of hydrogen-bond acceptors (Lipinski definition) is 3. The summed E-state index contributed by atoms with van der Waals surface area (Å²) in [7, 11) is 0. The first kappa shape index (κ1) is 11.8. The molecule has 5 nitrogen and oxygen atoms in total. The van der Waals surface area contributed by atoms with Gasteiger partial charge in [-0.25, -0.2) is 4.39 Å². The number of benzene rings is 1. The third-order valence-electron chi connectivity index (χ3n) is 2.52. The average molecular weight is 245 g/mol. The summed E-state index contributed by atoms with van der Waals surface area (Å²) in [5, 5.41) is 19.7. The minimum atomic E-state index is -0.565. The van der Waals surface area contributed by atoms with Crippen LogP contribution in [0.3, 0.4) is 0 Å². The van der Waals surface area contributed by atoms with E-state index in [2.05, 4.69) is 0 Å². The fourth-order valence-electron chi connectivity index (χ4n) is 1.70. The zero-order chi connectivity index (χ0) is 13.1. The molecule has 0 N–H and O–H groups in total. The van der Waals surface area contributed by atoms with Crippen molar-refractivity contribution in [2.75, 3.05) is 0 Å². The van der Waals surface area contributed by atoms with Gasteiger partial charge in [-0.05, 0) is 24.3 Å². The molecule has 0 radical (unpaired) electrons. The van der Waals surface area contributed by atoms with E-state index in [9.17, 15) is 14.5 Å². The molecule has 2 rings (SSSR count). The Morgan fingerprint density at radius 1 is 1.44 bits per heavy atom. The third-order valence-corrected chi connectivity index (χ3v) is 2.52. The number of rotatable bonds is 3. The Morgan fingerprint density at radius 3 is 2.89 bits per heavy atom. The van der Waals surface area contributed by atoms with Crippen LogP contribution in [0.4, 0.5) is 10.1 Å². The molecule has 0 atom stereocenters. The second-order valence-corrected chi connectivity index (χ2v) is 3.66. The van der Waals surface area contributed by atoms with Crippen LogP contribution >= 0.6 is 0 Å². The fraction of sp³-hybridized carbons (Fsp3) is 0.0833. The Kier molecular flexibility index (Phi) is 3.06. The molecule has 90 valence electrons. The SMILES string of the molecule is N#Cc1cccn1Cc1cc(F)ccc1[N+](=O)[O-]. The number of aromatic nitrogens is 1. The highest BCUT2D eigenvalue weighted by Gasteiger charge is 2.15. The van der Waals surface area contributed by atoms with Gasteiger partial charge in [-0.2, -0.15) is 5.26 Å². The van der Waals surface area contributed by atoms with Gasteiger partial charge >= 0.3 is 0 Å². The minimum Gasteiger partial charge on any atom is -0.335 e. The van der Waals surface area contributed by atoms with Gasteiger partial charge in [0.05, 0.1) is 17.0 Å². The molecule has 0 aliphatic carbocycles. The summed E-state index contributed by atoms with van der Waals surface area (Å²) in [6.07, 6.45) is 1.62. The lowest BCUT2D eigenvalue weighted by Gasteiger charge is -2.06. The van der Waals surface area contributed by atoms with E-state index in [0.29, 0.717) is 5.69 Å². The molecule has 1 heterocycles. The highest BCUT2D eigenvalue weighted by Crippen LogP contribution is 2.21. The molecule has 2 aromatic rings. The van der Waals surface area contributed by atoms with Crippen molar-refractivity contribution in [2.45, 2.75) is 6.54 Å². The molecular formula is C12H8FN3O2. The van der Waals surface area contributed by atoms with Crippen LogP contribution in [0.25, 0.3) is 0 Å². The molecule has 1 aromatic heterocycles. The van der Waals surface area contributed by atoms with Gasteiger partial charge in [0.15, 0.2) is 0 Å². The molecule has 6 heteroatoms. The Morgan fingerprint density at radius 2 is 2.22 bits per heavy atom. The van der Waals surface area contributed by atoms with Crippen LogP contribution in [0.5, 0.6) is 0 Å². The van der Waals surface area contributed by atoms with E-state index in [4.69, 9.17) is 5.26 Å². The highest BCUT2D eigenvalue weighted by molar-refractivity contribution is 5.41. The average Bonchev–Trinajstić information content (AvgIpc) is 2.76. The number of nitro groups is 1. The van der Waals surface area contributed by atoms with Crippen molar-refractivity contribution in [1.82, 2.24) is 4.57 Å². The first-order valence-electron chi connectivity index (χ1n) is 5.10. The van der Waals surface area contributed by atoms with Gasteiger partial charge in [-0.3, -0.25) is 10.1 Å². The van der Waals surface area contributed by atoms with Crippen LogP contribution in [-0.4, -0.2) is 9.49 Å². The van der Waals surface area contributed by atoms with Crippen molar-refractivity contribution >= 4 is 5.69 Å². The molecular weight excluding hydrogens is 237 g/mol. The summed E-state index contributed by atoms with van der Waals surface area (Å²) in [5.74, 6) is -0.540. The summed E-state index contributed by atoms with van der Waals surface area (Å²) in [6.45, 7) is 0.0873. The zero-order valence-electron chi connectivity index (χ0n) is 9.21. The Labute approximate surface area is 102 Å². The van der Waals surface area contributed by atoms with E-state index in [1.165, 1.54) is 4.57 Å². The van der Waals surface area contributed by atoms with Crippen LogP contribution in [0.15, 0.2) is 36.5 Å². The first-order valence-corrected chi connectivity index (χ1v) is 5.10. The van der Waals surface area contributed by atoms with Gasteiger partial charge in [0, 0.05) is 12.3 Å². The van der Waals surface area contributed by atoms with Crippen LogP contribution in [0.1, 0.15) is 11.3 Å². The second kappa shape index (κ2) is 4.67. The summed E-state index contributed by atoms with van der Waals surface area (Å²) in [6, 6.07) is 8.48. The topological polar surface area (TPSA) is 71.9 Å². The van der Waals surface area contributed by atoms with Crippen LogP contribution < -0.4 is 0 Å². The van der Waals surface area contributed by atoms with E-state index in [-0.39, 0.29) is 17.8 Å². The quantitative estimate of drug-likeness (QED) is 0.615. The van der Waals surface area contributed by atoms with Crippen molar-refractivity contribution < 1.29 is 9.31 Å². The molecule has 0 saturated carbocycles. The number of nitrogens with zero attached hydrogens (tertiary/aromatic N) is 3. The zero-order valence-corrected chi connectivity index (χ0v) is 9.21. The van der Waals surface area contributed by atoms with Gasteiger partial charge < -0.3 is 4.57 Å². The molecule has 0 aliphatic rings. The van der Waals surface area contributed by atoms with Crippen molar-refractivity contribution in [3.63, 3.8) is 0 Å². The number of nitro benzene ring substituents is 1. The van der Waals surface area contributed by atoms with Crippen molar-refractivity contribution in [2.24, 2.45) is 0 Å². The van der Waals surface area contributed by atoms with Gasteiger partial charge in [0.1, 0.15) is 17.6 Å². The Balaban J connectivity index is 2.43. The van der Waals surface area contributed by atoms with Crippen molar-refractivity contribution in [3.05, 3.63) is 63.7 Å². The van der Waals surface area contributed by atoms with Crippen molar-refractivity contribution in [3.8, 4) is 6.07 Å². The van der Waals surface area contributed by atoms with E-state index in [0.717, 1.165) is 18.2 Å². The van der Waals surface area contributed by atoms with E-state index in [1.54, 1.807) is 18.3 Å². The van der Waals surface area contributed by atoms with E-state index < -0.39 is 10.7 Å². The summed E-state index contributed by atoms with van der Waals surface area (Å²) >= 11 is 0. The summed E-state index contributed by atoms with van der Waals surface area (Å²) in [5.41, 5.74) is 0.440. The maximum atomic E-state index is 13.1. The predicted octanol–water partition coefficient (Wildman–Crippen LogP) is 2.46. The molecule has 0 amide bonds. The van der Waals surface area contributed by atoms with Gasteiger partial charge in [-0.15, -0.1) is 0 Å². The molecule has 18 heavy (non-hydrogen) atoms. The predicted molar refractivity (Wildman–Crippen MR) is 61.3 cm³/mol. The lowest BCUT2D eigenvalue weighted by Crippen LogP contribution is -2.04. The molecule has 1 aromatic carbocycles. The van der Waals surface area contributed by atoms with E-state index in [1.807, 2.05) is 6.07 Å². The molecule has 0 aliphatic heterocycles. The van der Waals surface area contributed by atoms with Gasteiger partial charge in [-0.1, -0.05) is 0 Å². The largest absolute Gasteiger partial charge is 0.335 e. The Hall–Kier alpha value is -2.68. The summed E-state index contributed by atoms with van der Waals surface area (Å²) in [4.78, 5) is 10.3. The molecule has 0 unspecified atom stereocenters. The van der Waals surface area contributed by atoms with Gasteiger partial charge in [0.2, 0.25) is 0 Å². The second-order valence-electron chi connectivity index (χ2n) is 3.66. The Bertz CT molecular complexity index is 643. The monoisotopic (exact) mass is 245 g/mol. The minimum absolute atomic E-state index is 0.0873. The number of halogens is 1. The first-order chi connectivity index (χ1) is 8.61. The lowest BCUT2D eigenvalue weighted by atomic mass is 10.1. The number of hydrogen-bond donors (Lipinski definition) is 0. The molecule has 0 spiro atoms. The van der Waals surface area contributed by atoms with E-state index >= 15 is 0 Å². The highest BCUT2D eigenvalue weighted by atomic mass is 19.1. The maximum absolute atomic E-state index is 13.1. The maximum Gasteiger partial charge on any atom is 0.274 e. The lowest BCUT2D eigenvalue weighted by molar-refractivity contribution is -0.385. The number of nitriles is 1.